The summed E-state index contributed by atoms with van der Waals surface area (Å²) in [6.45, 7) is 6.52. The monoisotopic (exact) mass is 207 g/mol. The summed E-state index contributed by atoms with van der Waals surface area (Å²) in [5, 5.41) is 3.56. The lowest BCUT2D eigenvalue weighted by Crippen LogP contribution is -2.19. The van der Waals surface area contributed by atoms with Crippen molar-refractivity contribution in [2.24, 2.45) is 0 Å². The zero-order valence-corrected chi connectivity index (χ0v) is 9.95. The molecule has 1 fully saturated rings. The van der Waals surface area contributed by atoms with E-state index in [9.17, 15) is 0 Å². The average Bonchev–Trinajstić information content (AvgIpc) is 2.76. The lowest BCUT2D eigenvalue weighted by molar-refractivity contribution is 0.583. The van der Waals surface area contributed by atoms with Gasteiger partial charge in [-0.05, 0) is 33.6 Å². The standard InChI is InChI=1S/C12H21N3/c1-9(2)15-10(3)8-13-12(15)14-11-6-4-5-7-11/h8-9,11H,4-7H2,1-3H3,(H,13,14). The maximum Gasteiger partial charge on any atom is 0.203 e. The third-order valence-electron chi connectivity index (χ3n) is 3.19. The van der Waals surface area contributed by atoms with E-state index in [0.29, 0.717) is 12.1 Å². The number of nitrogens with zero attached hydrogens (tertiary/aromatic N) is 2. The van der Waals surface area contributed by atoms with Gasteiger partial charge in [-0.3, -0.25) is 0 Å². The molecule has 0 saturated heterocycles. The van der Waals surface area contributed by atoms with Crippen molar-refractivity contribution in [1.29, 1.82) is 0 Å². The summed E-state index contributed by atoms with van der Waals surface area (Å²) in [7, 11) is 0. The molecule has 1 aliphatic rings. The Morgan fingerprint density at radius 3 is 2.67 bits per heavy atom. The van der Waals surface area contributed by atoms with E-state index in [1.165, 1.54) is 31.4 Å². The van der Waals surface area contributed by atoms with E-state index < -0.39 is 0 Å². The summed E-state index contributed by atoms with van der Waals surface area (Å²) in [4.78, 5) is 4.45. The van der Waals surface area contributed by atoms with Crippen molar-refractivity contribution < 1.29 is 0 Å². The van der Waals surface area contributed by atoms with Crippen molar-refractivity contribution in [3.05, 3.63) is 11.9 Å². The Morgan fingerprint density at radius 2 is 2.07 bits per heavy atom. The fourth-order valence-electron chi connectivity index (χ4n) is 2.46. The van der Waals surface area contributed by atoms with Crippen molar-refractivity contribution in [1.82, 2.24) is 9.55 Å². The molecule has 1 aliphatic carbocycles. The van der Waals surface area contributed by atoms with Crippen molar-refractivity contribution in [2.45, 2.75) is 58.5 Å². The van der Waals surface area contributed by atoms with E-state index in [2.05, 4.69) is 35.6 Å². The van der Waals surface area contributed by atoms with E-state index in [1.54, 1.807) is 0 Å². The summed E-state index contributed by atoms with van der Waals surface area (Å²) in [6.07, 6.45) is 7.27. The first-order valence-electron chi connectivity index (χ1n) is 5.99. The summed E-state index contributed by atoms with van der Waals surface area (Å²) in [5.41, 5.74) is 1.24. The second kappa shape index (κ2) is 4.25. The van der Waals surface area contributed by atoms with Gasteiger partial charge in [-0.1, -0.05) is 12.8 Å². The summed E-state index contributed by atoms with van der Waals surface area (Å²) in [5.74, 6) is 1.05. The molecule has 0 unspecified atom stereocenters. The molecule has 3 heteroatoms. The normalized spacial score (nSPS) is 17.6. The molecular weight excluding hydrogens is 186 g/mol. The maximum atomic E-state index is 4.45. The quantitative estimate of drug-likeness (QED) is 0.825. The molecule has 1 heterocycles. The molecule has 0 amide bonds. The second-order valence-corrected chi connectivity index (χ2v) is 4.81. The molecule has 1 saturated carbocycles. The average molecular weight is 207 g/mol. The van der Waals surface area contributed by atoms with Crippen LogP contribution >= 0.6 is 0 Å². The lowest BCUT2D eigenvalue weighted by atomic mass is 10.2. The number of aryl methyl sites for hydroxylation is 1. The maximum absolute atomic E-state index is 4.45. The van der Waals surface area contributed by atoms with E-state index in [-0.39, 0.29) is 0 Å². The van der Waals surface area contributed by atoms with Crippen molar-refractivity contribution in [3.63, 3.8) is 0 Å². The molecule has 2 rings (SSSR count). The third-order valence-corrected chi connectivity index (χ3v) is 3.19. The topological polar surface area (TPSA) is 29.9 Å². The van der Waals surface area contributed by atoms with Gasteiger partial charge in [0.15, 0.2) is 0 Å². The molecule has 0 atom stereocenters. The molecule has 1 aromatic rings. The zero-order valence-electron chi connectivity index (χ0n) is 9.95. The van der Waals surface area contributed by atoms with Gasteiger partial charge in [0.1, 0.15) is 0 Å². The summed E-state index contributed by atoms with van der Waals surface area (Å²) >= 11 is 0. The Hall–Kier alpha value is -0.990. The van der Waals surface area contributed by atoms with Crippen LogP contribution in [0.5, 0.6) is 0 Å². The van der Waals surface area contributed by atoms with Crippen LogP contribution in [-0.4, -0.2) is 15.6 Å². The fraction of sp³-hybridized carbons (Fsp3) is 0.750. The summed E-state index contributed by atoms with van der Waals surface area (Å²) in [6, 6.07) is 1.13. The minimum Gasteiger partial charge on any atom is -0.353 e. The van der Waals surface area contributed by atoms with E-state index in [0.717, 1.165) is 5.95 Å². The number of hydrogen-bond donors (Lipinski definition) is 1. The predicted octanol–water partition coefficient (Wildman–Crippen LogP) is 3.13. The Kier molecular flexibility index (Phi) is 2.98. The number of rotatable bonds is 3. The zero-order chi connectivity index (χ0) is 10.8. The highest BCUT2D eigenvalue weighted by atomic mass is 15.2. The first-order chi connectivity index (χ1) is 7.18. The van der Waals surface area contributed by atoms with E-state index in [4.69, 9.17) is 0 Å². The number of nitrogens with one attached hydrogen (secondary N) is 1. The van der Waals surface area contributed by atoms with Gasteiger partial charge in [0, 0.05) is 17.8 Å². The van der Waals surface area contributed by atoms with Crippen LogP contribution in [0.3, 0.4) is 0 Å². The van der Waals surface area contributed by atoms with Gasteiger partial charge in [-0.15, -0.1) is 0 Å². The molecule has 0 spiro atoms. The highest BCUT2D eigenvalue weighted by molar-refractivity contribution is 5.31. The molecule has 1 aromatic heterocycles. The largest absolute Gasteiger partial charge is 0.353 e. The Bertz CT molecular complexity index is 322. The highest BCUT2D eigenvalue weighted by Gasteiger charge is 2.18. The molecule has 1 N–H and O–H groups in total. The van der Waals surface area contributed by atoms with Crippen LogP contribution in [-0.2, 0) is 0 Å². The van der Waals surface area contributed by atoms with Gasteiger partial charge in [-0.2, -0.15) is 0 Å². The SMILES string of the molecule is Cc1cnc(NC2CCCC2)n1C(C)C. The molecule has 84 valence electrons. The van der Waals surface area contributed by atoms with Crippen molar-refractivity contribution in [3.8, 4) is 0 Å². The number of imidazole rings is 1. The smallest absolute Gasteiger partial charge is 0.203 e. The van der Waals surface area contributed by atoms with Gasteiger partial charge in [-0.25, -0.2) is 4.98 Å². The van der Waals surface area contributed by atoms with Gasteiger partial charge >= 0.3 is 0 Å². The van der Waals surface area contributed by atoms with Crippen LogP contribution in [0.25, 0.3) is 0 Å². The molecule has 0 bridgehead atoms. The third kappa shape index (κ3) is 2.16. The summed E-state index contributed by atoms with van der Waals surface area (Å²) < 4.78 is 2.28. The molecular formula is C12H21N3. The molecule has 15 heavy (non-hydrogen) atoms. The molecule has 0 aromatic carbocycles. The Morgan fingerprint density at radius 1 is 1.40 bits per heavy atom. The molecule has 0 aliphatic heterocycles. The first-order valence-corrected chi connectivity index (χ1v) is 5.99. The lowest BCUT2D eigenvalue weighted by Gasteiger charge is -2.18. The minimum atomic E-state index is 0.483. The number of aromatic nitrogens is 2. The van der Waals surface area contributed by atoms with Gasteiger partial charge in [0.2, 0.25) is 5.95 Å². The molecule has 3 nitrogen and oxygen atoms in total. The van der Waals surface area contributed by atoms with Crippen LogP contribution in [0.15, 0.2) is 6.20 Å². The van der Waals surface area contributed by atoms with Crippen LogP contribution < -0.4 is 5.32 Å². The van der Waals surface area contributed by atoms with Crippen LogP contribution in [0, 0.1) is 6.92 Å². The van der Waals surface area contributed by atoms with Crippen molar-refractivity contribution >= 4 is 5.95 Å². The molecule has 0 radical (unpaired) electrons. The highest BCUT2D eigenvalue weighted by Crippen LogP contribution is 2.24. The number of anilines is 1. The van der Waals surface area contributed by atoms with Crippen LogP contribution in [0.2, 0.25) is 0 Å². The van der Waals surface area contributed by atoms with Crippen LogP contribution in [0.4, 0.5) is 5.95 Å². The fourth-order valence-corrected chi connectivity index (χ4v) is 2.46. The van der Waals surface area contributed by atoms with Crippen molar-refractivity contribution in [2.75, 3.05) is 5.32 Å². The predicted molar refractivity (Wildman–Crippen MR) is 63.2 cm³/mol. The Balaban J connectivity index is 2.13. The van der Waals surface area contributed by atoms with Gasteiger partial charge in [0.05, 0.1) is 6.20 Å². The van der Waals surface area contributed by atoms with E-state index in [1.807, 2.05) is 6.20 Å². The first kappa shape index (κ1) is 10.5. The van der Waals surface area contributed by atoms with Gasteiger partial charge < -0.3 is 9.88 Å². The number of hydrogen-bond acceptors (Lipinski definition) is 2. The Labute approximate surface area is 91.9 Å². The minimum absolute atomic E-state index is 0.483. The van der Waals surface area contributed by atoms with Gasteiger partial charge in [0.25, 0.3) is 0 Å². The van der Waals surface area contributed by atoms with E-state index >= 15 is 0 Å². The second-order valence-electron chi connectivity index (χ2n) is 4.81. The van der Waals surface area contributed by atoms with Crippen LogP contribution in [0.1, 0.15) is 51.3 Å².